The molecule has 1 aromatic carbocycles. The summed E-state index contributed by atoms with van der Waals surface area (Å²) < 4.78 is 1.94. The second kappa shape index (κ2) is 9.38. The maximum Gasteiger partial charge on any atom is 0.242 e. The van der Waals surface area contributed by atoms with Crippen LogP contribution in [0.5, 0.6) is 0 Å². The summed E-state index contributed by atoms with van der Waals surface area (Å²) in [6.07, 6.45) is 3.54. The van der Waals surface area contributed by atoms with Gasteiger partial charge < -0.3 is 20.1 Å². The third kappa shape index (κ3) is 4.53. The Balaban J connectivity index is 1.73. The standard InChI is InChI=1S/C22H25ClN6O/c1-24-13-19-12-17(6-7-26-19)22-21(16-2-4-18(23)5-3-16)27-15-29(22)14-20(30)28-10-8-25-9-11-28/h2-7,12,15,24-25H,8-11,13-14H2,1H3. The Kier molecular flexibility index (Phi) is 6.42. The molecule has 4 rings (SSSR count). The van der Waals surface area contributed by atoms with Crippen LogP contribution in [0.4, 0.5) is 0 Å². The highest BCUT2D eigenvalue weighted by Gasteiger charge is 2.21. The Bertz CT molecular complexity index is 1010. The zero-order chi connectivity index (χ0) is 20.9. The van der Waals surface area contributed by atoms with Gasteiger partial charge in [-0.05, 0) is 31.3 Å². The van der Waals surface area contributed by atoms with Gasteiger partial charge >= 0.3 is 0 Å². The second-order valence-corrected chi connectivity index (χ2v) is 7.71. The van der Waals surface area contributed by atoms with Crippen molar-refractivity contribution in [3.8, 4) is 22.5 Å². The Labute approximate surface area is 181 Å². The van der Waals surface area contributed by atoms with Gasteiger partial charge in [0.05, 0.1) is 23.4 Å². The largest absolute Gasteiger partial charge is 0.339 e. The molecule has 0 radical (unpaired) electrons. The highest BCUT2D eigenvalue weighted by atomic mass is 35.5. The average Bonchev–Trinajstić information content (AvgIpc) is 3.19. The van der Waals surface area contributed by atoms with E-state index in [4.69, 9.17) is 11.6 Å². The van der Waals surface area contributed by atoms with Crippen LogP contribution >= 0.6 is 11.6 Å². The predicted molar refractivity (Wildman–Crippen MR) is 118 cm³/mol. The van der Waals surface area contributed by atoms with Crippen LogP contribution in [0.3, 0.4) is 0 Å². The van der Waals surface area contributed by atoms with Crippen LogP contribution < -0.4 is 10.6 Å². The Morgan fingerprint density at radius 2 is 1.90 bits per heavy atom. The number of nitrogens with zero attached hydrogens (tertiary/aromatic N) is 4. The van der Waals surface area contributed by atoms with Crippen molar-refractivity contribution >= 4 is 17.5 Å². The van der Waals surface area contributed by atoms with Crippen molar-refractivity contribution in [1.29, 1.82) is 0 Å². The van der Waals surface area contributed by atoms with Crippen LogP contribution in [-0.2, 0) is 17.9 Å². The van der Waals surface area contributed by atoms with Crippen LogP contribution in [0, 0.1) is 0 Å². The number of rotatable bonds is 6. The van der Waals surface area contributed by atoms with E-state index in [-0.39, 0.29) is 12.5 Å². The summed E-state index contributed by atoms with van der Waals surface area (Å²) in [5.74, 6) is 0.0994. The van der Waals surface area contributed by atoms with E-state index < -0.39 is 0 Å². The summed E-state index contributed by atoms with van der Waals surface area (Å²) >= 11 is 6.08. The molecule has 156 valence electrons. The number of amides is 1. The number of carbonyl (C=O) groups excluding carboxylic acids is 1. The van der Waals surface area contributed by atoms with Gasteiger partial charge in [-0.25, -0.2) is 4.98 Å². The molecule has 8 heteroatoms. The van der Waals surface area contributed by atoms with E-state index in [1.165, 1.54) is 0 Å². The van der Waals surface area contributed by atoms with E-state index >= 15 is 0 Å². The molecule has 1 amide bonds. The Morgan fingerprint density at radius 1 is 1.13 bits per heavy atom. The molecule has 1 saturated heterocycles. The highest BCUT2D eigenvalue weighted by molar-refractivity contribution is 6.30. The lowest BCUT2D eigenvalue weighted by molar-refractivity contribution is -0.132. The summed E-state index contributed by atoms with van der Waals surface area (Å²) in [5.41, 5.74) is 4.58. The van der Waals surface area contributed by atoms with Gasteiger partial charge in [-0.15, -0.1) is 0 Å². The van der Waals surface area contributed by atoms with Crippen molar-refractivity contribution in [1.82, 2.24) is 30.1 Å². The summed E-state index contributed by atoms with van der Waals surface area (Å²) in [5, 5.41) is 7.09. The van der Waals surface area contributed by atoms with Crippen molar-refractivity contribution in [3.63, 3.8) is 0 Å². The van der Waals surface area contributed by atoms with Gasteiger partial charge in [0.2, 0.25) is 5.91 Å². The lowest BCUT2D eigenvalue weighted by Gasteiger charge is -2.27. The van der Waals surface area contributed by atoms with Gasteiger partial charge in [0.1, 0.15) is 6.54 Å². The third-order valence-electron chi connectivity index (χ3n) is 5.18. The van der Waals surface area contributed by atoms with E-state index in [0.717, 1.165) is 54.4 Å². The van der Waals surface area contributed by atoms with Crippen LogP contribution in [0.25, 0.3) is 22.5 Å². The topological polar surface area (TPSA) is 75.1 Å². The van der Waals surface area contributed by atoms with E-state index in [1.807, 2.05) is 52.9 Å². The number of hydrogen-bond acceptors (Lipinski definition) is 5. The molecule has 0 atom stereocenters. The van der Waals surface area contributed by atoms with Crippen molar-refractivity contribution in [2.45, 2.75) is 13.1 Å². The lowest BCUT2D eigenvalue weighted by Crippen LogP contribution is -2.47. The SMILES string of the molecule is CNCc1cc(-c2c(-c3ccc(Cl)cc3)ncn2CC(=O)N2CCNCC2)ccn1. The van der Waals surface area contributed by atoms with Crippen molar-refractivity contribution in [3.05, 3.63) is 59.6 Å². The van der Waals surface area contributed by atoms with Crippen molar-refractivity contribution < 1.29 is 4.79 Å². The molecule has 30 heavy (non-hydrogen) atoms. The lowest BCUT2D eigenvalue weighted by atomic mass is 10.0. The Morgan fingerprint density at radius 3 is 2.63 bits per heavy atom. The maximum absolute atomic E-state index is 12.9. The molecule has 1 aliphatic rings. The second-order valence-electron chi connectivity index (χ2n) is 7.27. The third-order valence-corrected chi connectivity index (χ3v) is 5.43. The minimum Gasteiger partial charge on any atom is -0.339 e. The minimum atomic E-state index is 0.0994. The van der Waals surface area contributed by atoms with Gasteiger partial charge in [0, 0.05) is 55.1 Å². The molecule has 0 saturated carbocycles. The molecule has 3 aromatic rings. The monoisotopic (exact) mass is 424 g/mol. The van der Waals surface area contributed by atoms with Crippen molar-refractivity contribution in [2.75, 3.05) is 33.2 Å². The summed E-state index contributed by atoms with van der Waals surface area (Å²) in [6.45, 7) is 4.03. The van der Waals surface area contributed by atoms with Crippen molar-refractivity contribution in [2.24, 2.45) is 0 Å². The Hall–Kier alpha value is -2.74. The van der Waals surface area contributed by atoms with Gasteiger partial charge in [0.25, 0.3) is 0 Å². The molecule has 7 nitrogen and oxygen atoms in total. The number of nitrogens with one attached hydrogen (secondary N) is 2. The molecule has 0 unspecified atom stereocenters. The maximum atomic E-state index is 12.9. The normalized spacial score (nSPS) is 14.1. The average molecular weight is 425 g/mol. The number of aromatic nitrogens is 3. The molecule has 3 heterocycles. The zero-order valence-electron chi connectivity index (χ0n) is 16.9. The molecule has 0 bridgehead atoms. The first-order valence-electron chi connectivity index (χ1n) is 10.0. The summed E-state index contributed by atoms with van der Waals surface area (Å²) in [4.78, 5) is 23.9. The predicted octanol–water partition coefficient (Wildman–Crippen LogP) is 2.42. The quantitative estimate of drug-likeness (QED) is 0.635. The summed E-state index contributed by atoms with van der Waals surface area (Å²) in [7, 11) is 1.89. The first-order valence-corrected chi connectivity index (χ1v) is 10.4. The molecular weight excluding hydrogens is 400 g/mol. The van der Waals surface area contributed by atoms with Crippen LogP contribution in [0.1, 0.15) is 5.69 Å². The summed E-state index contributed by atoms with van der Waals surface area (Å²) in [6, 6.07) is 11.6. The van der Waals surface area contributed by atoms with Crippen LogP contribution in [0.2, 0.25) is 5.02 Å². The fourth-order valence-corrected chi connectivity index (χ4v) is 3.81. The van der Waals surface area contributed by atoms with Crippen LogP contribution in [0.15, 0.2) is 48.9 Å². The number of benzene rings is 1. The molecule has 1 fully saturated rings. The van der Waals surface area contributed by atoms with Gasteiger partial charge in [-0.2, -0.15) is 0 Å². The van der Waals surface area contributed by atoms with E-state index in [9.17, 15) is 4.79 Å². The number of carbonyl (C=O) groups is 1. The molecular formula is C22H25ClN6O. The smallest absolute Gasteiger partial charge is 0.242 e. The van der Waals surface area contributed by atoms with E-state index in [0.29, 0.717) is 11.6 Å². The van der Waals surface area contributed by atoms with E-state index in [1.54, 1.807) is 12.5 Å². The number of piperazine rings is 1. The number of pyridine rings is 1. The minimum absolute atomic E-state index is 0.0994. The molecule has 2 N–H and O–H groups in total. The fourth-order valence-electron chi connectivity index (χ4n) is 3.69. The molecule has 0 spiro atoms. The van der Waals surface area contributed by atoms with E-state index in [2.05, 4.69) is 20.6 Å². The number of halogens is 1. The molecule has 2 aromatic heterocycles. The first kappa shape index (κ1) is 20.5. The van der Waals surface area contributed by atoms with Gasteiger partial charge in [-0.3, -0.25) is 9.78 Å². The fraction of sp³-hybridized carbons (Fsp3) is 0.318. The number of hydrogen-bond donors (Lipinski definition) is 2. The van der Waals surface area contributed by atoms with Crippen LogP contribution in [-0.4, -0.2) is 58.6 Å². The van der Waals surface area contributed by atoms with Gasteiger partial charge in [0.15, 0.2) is 0 Å². The number of imidazole rings is 1. The van der Waals surface area contributed by atoms with Gasteiger partial charge in [-0.1, -0.05) is 23.7 Å². The first-order chi connectivity index (χ1) is 14.7. The molecule has 0 aliphatic carbocycles. The highest BCUT2D eigenvalue weighted by Crippen LogP contribution is 2.32. The zero-order valence-corrected chi connectivity index (χ0v) is 17.7. The molecule has 1 aliphatic heterocycles.